The van der Waals surface area contributed by atoms with Crippen LogP contribution in [0.2, 0.25) is 10.0 Å². The van der Waals surface area contributed by atoms with Crippen molar-refractivity contribution in [1.82, 2.24) is 0 Å². The first kappa shape index (κ1) is 13.1. The van der Waals surface area contributed by atoms with Gasteiger partial charge in [0.2, 0.25) is 0 Å². The molecule has 0 atom stereocenters. The second kappa shape index (κ2) is 5.09. The van der Waals surface area contributed by atoms with Crippen LogP contribution < -0.4 is 4.90 Å². The molecule has 4 heteroatoms. The quantitative estimate of drug-likeness (QED) is 0.880. The van der Waals surface area contributed by atoms with Crippen molar-refractivity contribution in [2.75, 3.05) is 19.0 Å². The van der Waals surface area contributed by atoms with E-state index in [1.54, 1.807) is 6.07 Å². The van der Waals surface area contributed by atoms with Gasteiger partial charge in [-0.3, -0.25) is 0 Å². The van der Waals surface area contributed by atoms with Crippen LogP contribution in [-0.2, 0) is 0 Å². The summed E-state index contributed by atoms with van der Waals surface area (Å²) in [5.74, 6) is 0.0513. The van der Waals surface area contributed by atoms with Gasteiger partial charge in [0.15, 0.2) is 0 Å². The van der Waals surface area contributed by atoms with Crippen LogP contribution in [0.25, 0.3) is 11.1 Å². The minimum Gasteiger partial charge on any atom is -0.506 e. The molecule has 0 aliphatic rings. The van der Waals surface area contributed by atoms with Crippen LogP contribution in [0.15, 0.2) is 36.4 Å². The average Bonchev–Trinajstić information content (AvgIpc) is 2.33. The van der Waals surface area contributed by atoms with Crippen molar-refractivity contribution in [1.29, 1.82) is 0 Å². The van der Waals surface area contributed by atoms with E-state index in [1.807, 2.05) is 43.3 Å². The number of para-hydroxylation sites is 1. The summed E-state index contributed by atoms with van der Waals surface area (Å²) in [5, 5.41) is 10.8. The normalized spacial score (nSPS) is 10.4. The summed E-state index contributed by atoms with van der Waals surface area (Å²) in [4.78, 5) is 1.98. The minimum absolute atomic E-state index is 0.0513. The molecule has 0 saturated carbocycles. The molecule has 0 aliphatic heterocycles. The third kappa shape index (κ3) is 2.40. The van der Waals surface area contributed by atoms with Gasteiger partial charge in [-0.05, 0) is 18.2 Å². The summed E-state index contributed by atoms with van der Waals surface area (Å²) in [6, 6.07) is 11.0. The molecule has 0 radical (unpaired) electrons. The van der Waals surface area contributed by atoms with Gasteiger partial charge in [-0.15, -0.1) is 0 Å². The van der Waals surface area contributed by atoms with Crippen molar-refractivity contribution in [3.8, 4) is 16.9 Å². The average molecular weight is 282 g/mol. The molecule has 0 amide bonds. The number of rotatable bonds is 2. The molecule has 0 fully saturated rings. The lowest BCUT2D eigenvalue weighted by molar-refractivity contribution is 0.477. The van der Waals surface area contributed by atoms with Crippen LogP contribution in [0.1, 0.15) is 0 Å². The maximum atomic E-state index is 10.1. The number of halogens is 2. The van der Waals surface area contributed by atoms with Crippen molar-refractivity contribution in [2.45, 2.75) is 0 Å². The number of anilines is 1. The Morgan fingerprint density at radius 3 is 2.33 bits per heavy atom. The Hall–Kier alpha value is -1.38. The lowest BCUT2D eigenvalue weighted by atomic mass is 10.0. The Balaban J connectivity index is 2.69. The highest BCUT2D eigenvalue weighted by atomic mass is 35.5. The molecule has 2 rings (SSSR count). The van der Waals surface area contributed by atoms with Gasteiger partial charge in [0, 0.05) is 35.9 Å². The number of hydrogen-bond donors (Lipinski definition) is 1. The van der Waals surface area contributed by atoms with E-state index in [-0.39, 0.29) is 10.8 Å². The number of aromatic hydroxyl groups is 1. The number of hydrogen-bond acceptors (Lipinski definition) is 2. The standard InChI is InChI=1S/C14H13Cl2NO/c1-17(2)13-6-4-3-5-10(13)11-7-9(15)8-12(16)14(11)18/h3-8,18H,1-2H3. The topological polar surface area (TPSA) is 23.5 Å². The summed E-state index contributed by atoms with van der Waals surface area (Å²) in [7, 11) is 3.89. The van der Waals surface area contributed by atoms with E-state index < -0.39 is 0 Å². The molecule has 0 aliphatic carbocycles. The fraction of sp³-hybridized carbons (Fsp3) is 0.143. The molecule has 0 heterocycles. The fourth-order valence-corrected chi connectivity index (χ4v) is 2.36. The molecule has 0 spiro atoms. The molecular formula is C14H13Cl2NO. The third-order valence-corrected chi connectivity index (χ3v) is 3.21. The predicted molar refractivity (Wildman–Crippen MR) is 77.9 cm³/mol. The summed E-state index contributed by atoms with van der Waals surface area (Å²) in [6.45, 7) is 0. The first-order valence-corrected chi connectivity index (χ1v) is 6.21. The third-order valence-electron chi connectivity index (χ3n) is 2.70. The highest BCUT2D eigenvalue weighted by Crippen LogP contribution is 2.41. The van der Waals surface area contributed by atoms with Crippen molar-refractivity contribution in [3.05, 3.63) is 46.4 Å². The van der Waals surface area contributed by atoms with E-state index in [0.29, 0.717) is 10.6 Å². The van der Waals surface area contributed by atoms with Gasteiger partial charge in [-0.1, -0.05) is 41.4 Å². The molecular weight excluding hydrogens is 269 g/mol. The molecule has 0 bridgehead atoms. The Labute approximate surface area is 116 Å². The van der Waals surface area contributed by atoms with Crippen LogP contribution in [0.5, 0.6) is 5.75 Å². The fourth-order valence-electron chi connectivity index (χ4n) is 1.86. The Bertz CT molecular complexity index is 582. The van der Waals surface area contributed by atoms with Crippen LogP contribution in [0.4, 0.5) is 5.69 Å². The van der Waals surface area contributed by atoms with Crippen molar-refractivity contribution >= 4 is 28.9 Å². The van der Waals surface area contributed by atoms with E-state index in [1.165, 1.54) is 6.07 Å². The maximum Gasteiger partial charge on any atom is 0.142 e. The molecule has 1 N–H and O–H groups in total. The second-order valence-corrected chi connectivity index (χ2v) is 5.04. The highest BCUT2D eigenvalue weighted by molar-refractivity contribution is 6.36. The van der Waals surface area contributed by atoms with Crippen molar-refractivity contribution in [2.24, 2.45) is 0 Å². The molecule has 18 heavy (non-hydrogen) atoms. The summed E-state index contributed by atoms with van der Waals surface area (Å²) < 4.78 is 0. The number of benzene rings is 2. The van der Waals surface area contributed by atoms with Gasteiger partial charge >= 0.3 is 0 Å². The lowest BCUT2D eigenvalue weighted by Crippen LogP contribution is -2.09. The maximum absolute atomic E-state index is 10.1. The predicted octanol–water partition coefficient (Wildman–Crippen LogP) is 4.43. The van der Waals surface area contributed by atoms with E-state index in [0.717, 1.165) is 11.3 Å². The number of phenolic OH excluding ortho intramolecular Hbond substituents is 1. The Morgan fingerprint density at radius 2 is 1.67 bits per heavy atom. The van der Waals surface area contributed by atoms with Gasteiger partial charge in [0.05, 0.1) is 5.02 Å². The van der Waals surface area contributed by atoms with Gasteiger partial charge in [-0.25, -0.2) is 0 Å². The molecule has 0 saturated heterocycles. The summed E-state index contributed by atoms with van der Waals surface area (Å²) in [5.41, 5.74) is 2.52. The SMILES string of the molecule is CN(C)c1ccccc1-c1cc(Cl)cc(Cl)c1O. The molecule has 2 aromatic carbocycles. The van der Waals surface area contributed by atoms with Crippen LogP contribution in [0, 0.1) is 0 Å². The number of nitrogens with zero attached hydrogens (tertiary/aromatic N) is 1. The lowest BCUT2D eigenvalue weighted by Gasteiger charge is -2.18. The second-order valence-electron chi connectivity index (χ2n) is 4.20. The first-order valence-electron chi connectivity index (χ1n) is 5.45. The van der Waals surface area contributed by atoms with Gasteiger partial charge < -0.3 is 10.0 Å². The van der Waals surface area contributed by atoms with Gasteiger partial charge in [0.1, 0.15) is 5.75 Å². The van der Waals surface area contributed by atoms with E-state index in [4.69, 9.17) is 23.2 Å². The van der Waals surface area contributed by atoms with E-state index in [2.05, 4.69) is 0 Å². The zero-order valence-corrected chi connectivity index (χ0v) is 11.6. The van der Waals surface area contributed by atoms with Crippen LogP contribution >= 0.6 is 23.2 Å². The van der Waals surface area contributed by atoms with Gasteiger partial charge in [-0.2, -0.15) is 0 Å². The largest absolute Gasteiger partial charge is 0.506 e. The van der Waals surface area contributed by atoms with Crippen LogP contribution in [0.3, 0.4) is 0 Å². The molecule has 0 aromatic heterocycles. The monoisotopic (exact) mass is 281 g/mol. The molecule has 2 nitrogen and oxygen atoms in total. The van der Waals surface area contributed by atoms with E-state index >= 15 is 0 Å². The van der Waals surface area contributed by atoms with Crippen LogP contribution in [-0.4, -0.2) is 19.2 Å². The summed E-state index contributed by atoms with van der Waals surface area (Å²) in [6.07, 6.45) is 0. The zero-order chi connectivity index (χ0) is 13.3. The first-order chi connectivity index (χ1) is 8.50. The Kier molecular flexibility index (Phi) is 3.69. The van der Waals surface area contributed by atoms with Crippen molar-refractivity contribution in [3.63, 3.8) is 0 Å². The van der Waals surface area contributed by atoms with E-state index in [9.17, 15) is 5.11 Å². The zero-order valence-electron chi connectivity index (χ0n) is 10.1. The van der Waals surface area contributed by atoms with Crippen molar-refractivity contribution < 1.29 is 5.11 Å². The minimum atomic E-state index is 0.0513. The Morgan fingerprint density at radius 1 is 1.00 bits per heavy atom. The highest BCUT2D eigenvalue weighted by Gasteiger charge is 2.13. The molecule has 0 unspecified atom stereocenters. The summed E-state index contributed by atoms with van der Waals surface area (Å²) >= 11 is 11.9. The molecule has 2 aromatic rings. The number of phenols is 1. The molecule has 94 valence electrons. The van der Waals surface area contributed by atoms with Gasteiger partial charge in [0.25, 0.3) is 0 Å². The smallest absolute Gasteiger partial charge is 0.142 e.